The van der Waals surface area contributed by atoms with Crippen LogP contribution in [0.15, 0.2) is 36.4 Å². The normalized spacial score (nSPS) is 19.8. The van der Waals surface area contributed by atoms with Crippen molar-refractivity contribution < 1.29 is 4.79 Å². The van der Waals surface area contributed by atoms with Gasteiger partial charge in [-0.15, -0.1) is 0 Å². The van der Waals surface area contributed by atoms with Crippen molar-refractivity contribution in [2.75, 3.05) is 31.1 Å². The largest absolute Gasteiger partial charge is 0.368 e. The number of piperazine rings is 1. The van der Waals surface area contributed by atoms with Crippen molar-refractivity contribution in [1.82, 2.24) is 9.88 Å². The van der Waals surface area contributed by atoms with E-state index in [-0.39, 0.29) is 5.92 Å². The summed E-state index contributed by atoms with van der Waals surface area (Å²) < 4.78 is 0. The van der Waals surface area contributed by atoms with Crippen LogP contribution < -0.4 is 4.90 Å². The number of aromatic nitrogens is 1. The first-order chi connectivity index (χ1) is 12.1. The number of benzene rings is 1. The van der Waals surface area contributed by atoms with Gasteiger partial charge in [0.1, 0.15) is 0 Å². The third-order valence-electron chi connectivity index (χ3n) is 5.45. The first kappa shape index (κ1) is 16.1. The van der Waals surface area contributed by atoms with Crippen molar-refractivity contribution in [3.05, 3.63) is 58.9 Å². The first-order valence-corrected chi connectivity index (χ1v) is 9.18. The summed E-state index contributed by atoms with van der Waals surface area (Å²) in [5.41, 5.74) is 5.92. The molecule has 1 saturated heterocycles. The van der Waals surface area contributed by atoms with E-state index >= 15 is 0 Å². The molecule has 0 spiro atoms. The Labute approximate surface area is 149 Å². The molecule has 1 atom stereocenters. The summed E-state index contributed by atoms with van der Waals surface area (Å²) in [5.74, 6) is 0.375. The van der Waals surface area contributed by atoms with Gasteiger partial charge in [0.25, 0.3) is 0 Å². The van der Waals surface area contributed by atoms with Crippen molar-refractivity contribution in [2.45, 2.75) is 32.6 Å². The van der Waals surface area contributed by atoms with Gasteiger partial charge >= 0.3 is 0 Å². The average Bonchev–Trinajstić information content (AvgIpc) is 3.04. The van der Waals surface area contributed by atoms with Crippen LogP contribution in [-0.2, 0) is 11.2 Å². The summed E-state index contributed by atoms with van der Waals surface area (Å²) in [7, 11) is 0. The van der Waals surface area contributed by atoms with Crippen molar-refractivity contribution in [3.8, 4) is 0 Å². The number of rotatable bonds is 2. The quantitative estimate of drug-likeness (QED) is 0.846. The molecule has 130 valence electrons. The fourth-order valence-corrected chi connectivity index (χ4v) is 4.21. The van der Waals surface area contributed by atoms with E-state index in [4.69, 9.17) is 0 Å². The van der Waals surface area contributed by atoms with Gasteiger partial charge in [0.05, 0.1) is 5.92 Å². The lowest BCUT2D eigenvalue weighted by Crippen LogP contribution is -2.50. The number of anilines is 1. The maximum atomic E-state index is 13.0. The molecule has 0 radical (unpaired) electrons. The first-order valence-electron chi connectivity index (χ1n) is 9.18. The summed E-state index contributed by atoms with van der Waals surface area (Å²) in [6.45, 7) is 7.46. The standard InChI is InChI=1S/C21H25N3O/c1-15-13-18(14-16(2)22-15)23-9-11-24(12-10-23)21(25)20-8-7-17-5-3-4-6-19(17)20/h3-6,13-14,20H,7-12H2,1-2H3/t20-/m0/s1. The van der Waals surface area contributed by atoms with Crippen molar-refractivity contribution in [3.63, 3.8) is 0 Å². The van der Waals surface area contributed by atoms with Gasteiger partial charge in [0.2, 0.25) is 5.91 Å². The maximum Gasteiger partial charge on any atom is 0.230 e. The molecule has 2 heterocycles. The third-order valence-corrected chi connectivity index (χ3v) is 5.45. The van der Waals surface area contributed by atoms with Gasteiger partial charge < -0.3 is 9.80 Å². The molecule has 0 bridgehead atoms. The smallest absolute Gasteiger partial charge is 0.230 e. The van der Waals surface area contributed by atoms with E-state index in [0.29, 0.717) is 5.91 Å². The van der Waals surface area contributed by atoms with Gasteiger partial charge in [-0.05, 0) is 49.9 Å². The number of amides is 1. The molecule has 1 amide bonds. The Kier molecular flexibility index (Phi) is 4.20. The second kappa shape index (κ2) is 6.51. The summed E-state index contributed by atoms with van der Waals surface area (Å²) in [6, 6.07) is 12.7. The molecule has 25 heavy (non-hydrogen) atoms. The number of hydrogen-bond acceptors (Lipinski definition) is 3. The van der Waals surface area contributed by atoms with Crippen molar-refractivity contribution in [2.24, 2.45) is 0 Å². The Morgan fingerprint density at radius 2 is 1.72 bits per heavy atom. The summed E-state index contributed by atoms with van der Waals surface area (Å²) in [5, 5.41) is 0. The Morgan fingerprint density at radius 3 is 2.44 bits per heavy atom. The van der Waals surface area contributed by atoms with Crippen LogP contribution >= 0.6 is 0 Å². The summed E-state index contributed by atoms with van der Waals surface area (Å²) in [6.07, 6.45) is 1.99. The predicted molar refractivity (Wildman–Crippen MR) is 100 cm³/mol. The molecule has 0 saturated carbocycles. The van der Waals surface area contributed by atoms with Gasteiger partial charge in [-0.3, -0.25) is 9.78 Å². The highest BCUT2D eigenvalue weighted by Gasteiger charge is 2.32. The highest BCUT2D eigenvalue weighted by Crippen LogP contribution is 2.34. The minimum atomic E-state index is 0.0631. The molecule has 1 aliphatic heterocycles. The van der Waals surface area contributed by atoms with Gasteiger partial charge in [-0.1, -0.05) is 24.3 Å². The number of carbonyl (C=O) groups excluding carboxylic acids is 1. The van der Waals surface area contributed by atoms with E-state index in [1.165, 1.54) is 16.8 Å². The molecule has 4 nitrogen and oxygen atoms in total. The number of hydrogen-bond donors (Lipinski definition) is 0. The minimum Gasteiger partial charge on any atom is -0.368 e. The molecule has 2 aromatic rings. The molecular weight excluding hydrogens is 310 g/mol. The predicted octanol–water partition coefficient (Wildman–Crippen LogP) is 3.08. The zero-order valence-electron chi connectivity index (χ0n) is 15.0. The van der Waals surface area contributed by atoms with Gasteiger partial charge in [-0.25, -0.2) is 0 Å². The minimum absolute atomic E-state index is 0.0631. The molecule has 1 aromatic heterocycles. The average molecular weight is 335 g/mol. The van der Waals surface area contributed by atoms with Crippen LogP contribution in [0.4, 0.5) is 5.69 Å². The fraction of sp³-hybridized carbons (Fsp3) is 0.429. The molecule has 1 aliphatic carbocycles. The van der Waals surface area contributed by atoms with Crippen molar-refractivity contribution in [1.29, 1.82) is 0 Å². The van der Waals surface area contributed by atoms with Crippen LogP contribution in [0.2, 0.25) is 0 Å². The zero-order chi connectivity index (χ0) is 17.4. The lowest BCUT2D eigenvalue weighted by molar-refractivity contribution is -0.133. The number of fused-ring (bicyclic) bond motifs is 1. The van der Waals surface area contributed by atoms with Gasteiger partial charge in [0.15, 0.2) is 0 Å². The Balaban J connectivity index is 1.43. The lowest BCUT2D eigenvalue weighted by Gasteiger charge is -2.37. The topological polar surface area (TPSA) is 36.4 Å². The highest BCUT2D eigenvalue weighted by molar-refractivity contribution is 5.85. The highest BCUT2D eigenvalue weighted by atomic mass is 16.2. The Morgan fingerprint density at radius 1 is 1.04 bits per heavy atom. The van der Waals surface area contributed by atoms with E-state index in [9.17, 15) is 4.79 Å². The van der Waals surface area contributed by atoms with E-state index in [1.54, 1.807) is 0 Å². The number of carbonyl (C=O) groups is 1. The summed E-state index contributed by atoms with van der Waals surface area (Å²) >= 11 is 0. The number of aryl methyl sites for hydroxylation is 3. The molecule has 0 N–H and O–H groups in total. The second-order valence-corrected chi connectivity index (χ2v) is 7.21. The number of nitrogens with zero attached hydrogens (tertiary/aromatic N) is 3. The Bertz CT molecular complexity index is 773. The van der Waals surface area contributed by atoms with E-state index < -0.39 is 0 Å². The van der Waals surface area contributed by atoms with Crippen molar-refractivity contribution >= 4 is 11.6 Å². The fourth-order valence-electron chi connectivity index (χ4n) is 4.21. The van der Waals surface area contributed by atoms with Crippen LogP contribution in [0.5, 0.6) is 0 Å². The van der Waals surface area contributed by atoms with Crippen LogP contribution in [0, 0.1) is 13.8 Å². The van der Waals surface area contributed by atoms with E-state index in [2.05, 4.69) is 51.2 Å². The van der Waals surface area contributed by atoms with Gasteiger partial charge in [0, 0.05) is 43.3 Å². The maximum absolute atomic E-state index is 13.0. The van der Waals surface area contributed by atoms with E-state index in [0.717, 1.165) is 50.4 Å². The second-order valence-electron chi connectivity index (χ2n) is 7.21. The third kappa shape index (κ3) is 3.13. The Hall–Kier alpha value is -2.36. The molecule has 2 aliphatic rings. The summed E-state index contributed by atoms with van der Waals surface area (Å²) in [4.78, 5) is 21.9. The molecule has 1 aromatic carbocycles. The molecule has 1 fully saturated rings. The molecule has 0 unspecified atom stereocenters. The van der Waals surface area contributed by atoms with Crippen LogP contribution in [0.25, 0.3) is 0 Å². The van der Waals surface area contributed by atoms with Crippen LogP contribution in [0.1, 0.15) is 34.9 Å². The molecule has 4 heteroatoms. The molecule has 4 rings (SSSR count). The monoisotopic (exact) mass is 335 g/mol. The van der Waals surface area contributed by atoms with E-state index in [1.807, 2.05) is 13.8 Å². The lowest BCUT2D eigenvalue weighted by atomic mass is 9.99. The van der Waals surface area contributed by atoms with Gasteiger partial charge in [-0.2, -0.15) is 0 Å². The number of pyridine rings is 1. The SMILES string of the molecule is Cc1cc(N2CCN(C(=O)[C@H]3CCc4ccccc43)CC2)cc(C)n1. The zero-order valence-corrected chi connectivity index (χ0v) is 15.0. The van der Waals surface area contributed by atoms with Crippen LogP contribution in [0.3, 0.4) is 0 Å². The molecular formula is C21H25N3O. The van der Waals surface area contributed by atoms with Crippen LogP contribution in [-0.4, -0.2) is 42.0 Å².